The molecule has 0 bridgehead atoms. The zero-order valence-corrected chi connectivity index (χ0v) is 14.7. The first-order valence-electron chi connectivity index (χ1n) is 7.70. The maximum absolute atomic E-state index is 13.6. The number of benzene rings is 1. The van der Waals surface area contributed by atoms with Crippen LogP contribution in [-0.4, -0.2) is 17.6 Å². The lowest BCUT2D eigenvalue weighted by molar-refractivity contribution is -0.137. The van der Waals surface area contributed by atoms with Gasteiger partial charge in [0.15, 0.2) is 0 Å². The summed E-state index contributed by atoms with van der Waals surface area (Å²) in [4.78, 5) is 9.43. The number of anilines is 1. The minimum Gasteiger partial charge on any atom is -0.369 e. The summed E-state index contributed by atoms with van der Waals surface area (Å²) in [5.74, 6) is -1.26. The van der Waals surface area contributed by atoms with Crippen LogP contribution in [0.25, 0.3) is 0 Å². The number of nitrogens with zero attached hydrogens (tertiary/aromatic N) is 3. The molecule has 1 aromatic carbocycles. The summed E-state index contributed by atoms with van der Waals surface area (Å²) in [5.41, 5.74) is 9.19. The van der Waals surface area contributed by atoms with Gasteiger partial charge in [0.25, 0.3) is 0 Å². The van der Waals surface area contributed by atoms with Crippen LogP contribution in [0.5, 0.6) is 0 Å². The van der Waals surface area contributed by atoms with E-state index in [1.54, 1.807) is 0 Å². The maximum atomic E-state index is 13.6. The highest BCUT2D eigenvalue weighted by atomic mass is 79.9. The number of guanidine groups is 2. The standard InChI is InChI=1S/C15H16BrF4N5/c16-10-7-8(17)6-9(15(18,19)20)11(10)25-13(22)23-12(21)24-14(25)4-2-1-3-5-14/h6-7H,1-5H2,(H4,21,22,23,24). The molecule has 4 N–H and O–H groups in total. The Hall–Kier alpha value is -1.84. The minimum absolute atomic E-state index is 0.0672. The average molecular weight is 422 g/mol. The van der Waals surface area contributed by atoms with E-state index in [1.807, 2.05) is 0 Å². The summed E-state index contributed by atoms with van der Waals surface area (Å²) in [6.07, 6.45) is -1.35. The van der Waals surface area contributed by atoms with Crippen LogP contribution >= 0.6 is 15.9 Å². The molecule has 0 aromatic heterocycles. The summed E-state index contributed by atoms with van der Waals surface area (Å²) in [7, 11) is 0. The Kier molecular flexibility index (Phi) is 4.42. The van der Waals surface area contributed by atoms with Crippen molar-refractivity contribution < 1.29 is 17.6 Å². The number of halogens is 5. The van der Waals surface area contributed by atoms with Gasteiger partial charge >= 0.3 is 6.18 Å². The molecule has 3 rings (SSSR count). The molecule has 0 amide bonds. The Labute approximate surface area is 149 Å². The van der Waals surface area contributed by atoms with Crippen LogP contribution in [0.1, 0.15) is 37.7 Å². The molecule has 1 spiro atoms. The zero-order chi connectivity index (χ0) is 18.4. The van der Waals surface area contributed by atoms with Gasteiger partial charge in [-0.15, -0.1) is 0 Å². The lowest BCUT2D eigenvalue weighted by Crippen LogP contribution is -2.58. The van der Waals surface area contributed by atoms with Crippen molar-refractivity contribution in [2.45, 2.75) is 43.9 Å². The number of aliphatic imine (C=N–C) groups is 2. The Balaban J connectivity index is 2.25. The Morgan fingerprint density at radius 2 is 1.76 bits per heavy atom. The second-order valence-corrected chi connectivity index (χ2v) is 6.95. The van der Waals surface area contributed by atoms with E-state index in [1.165, 1.54) is 4.90 Å². The summed E-state index contributed by atoms with van der Waals surface area (Å²) in [6.45, 7) is 0. The van der Waals surface area contributed by atoms with Gasteiger partial charge in [0, 0.05) is 4.47 Å². The molecule has 1 fully saturated rings. The fourth-order valence-electron chi connectivity index (χ4n) is 3.45. The van der Waals surface area contributed by atoms with Gasteiger partial charge in [0.05, 0.1) is 11.3 Å². The van der Waals surface area contributed by atoms with Crippen LogP contribution in [0.15, 0.2) is 26.6 Å². The van der Waals surface area contributed by atoms with Crippen LogP contribution in [0, 0.1) is 5.82 Å². The first-order valence-corrected chi connectivity index (χ1v) is 8.49. The Bertz CT molecular complexity index is 753. The van der Waals surface area contributed by atoms with Gasteiger partial charge in [0.1, 0.15) is 11.5 Å². The second-order valence-electron chi connectivity index (χ2n) is 6.10. The normalized spacial score (nSPS) is 20.4. The Morgan fingerprint density at radius 3 is 2.36 bits per heavy atom. The molecule has 136 valence electrons. The van der Waals surface area contributed by atoms with Crippen molar-refractivity contribution in [3.63, 3.8) is 0 Å². The second kappa shape index (κ2) is 6.15. The van der Waals surface area contributed by atoms with Crippen LogP contribution in [0.3, 0.4) is 0 Å². The van der Waals surface area contributed by atoms with Crippen LogP contribution in [0.2, 0.25) is 0 Å². The van der Waals surface area contributed by atoms with E-state index in [0.717, 1.165) is 25.3 Å². The maximum Gasteiger partial charge on any atom is 0.418 e. The SMILES string of the molecule is NC1=NC2(CCCCC2)N(c2c(Br)cc(F)cc2C(F)(F)F)C(N)=N1. The quantitative estimate of drug-likeness (QED) is 0.678. The molecule has 1 saturated carbocycles. The highest BCUT2D eigenvalue weighted by Crippen LogP contribution is 2.47. The van der Waals surface area contributed by atoms with Crippen molar-refractivity contribution in [3.05, 3.63) is 28.0 Å². The summed E-state index contributed by atoms with van der Waals surface area (Å²) < 4.78 is 54.3. The molecular formula is C15H16BrF4N5. The van der Waals surface area contributed by atoms with Crippen molar-refractivity contribution >= 4 is 33.5 Å². The summed E-state index contributed by atoms with van der Waals surface area (Å²) in [5, 5.41) is 0. The van der Waals surface area contributed by atoms with Crippen molar-refractivity contribution in [1.29, 1.82) is 0 Å². The third kappa shape index (κ3) is 3.19. The molecule has 1 aliphatic carbocycles. The lowest BCUT2D eigenvalue weighted by atomic mass is 9.87. The van der Waals surface area contributed by atoms with Gasteiger partial charge < -0.3 is 11.5 Å². The van der Waals surface area contributed by atoms with E-state index in [9.17, 15) is 17.6 Å². The van der Waals surface area contributed by atoms with E-state index in [0.29, 0.717) is 18.9 Å². The fourth-order valence-corrected chi connectivity index (χ4v) is 4.06. The number of hydrogen-bond donors (Lipinski definition) is 2. The smallest absolute Gasteiger partial charge is 0.369 e. The van der Waals surface area contributed by atoms with Crippen molar-refractivity contribution in [2.75, 3.05) is 4.90 Å². The zero-order valence-electron chi connectivity index (χ0n) is 13.1. The van der Waals surface area contributed by atoms with Crippen LogP contribution in [-0.2, 0) is 6.18 Å². The van der Waals surface area contributed by atoms with Gasteiger partial charge in [-0.25, -0.2) is 9.38 Å². The van der Waals surface area contributed by atoms with Crippen molar-refractivity contribution in [3.8, 4) is 0 Å². The first kappa shape index (κ1) is 18.0. The van der Waals surface area contributed by atoms with Gasteiger partial charge in [0.2, 0.25) is 11.9 Å². The van der Waals surface area contributed by atoms with E-state index in [2.05, 4.69) is 25.9 Å². The largest absolute Gasteiger partial charge is 0.418 e. The first-order chi connectivity index (χ1) is 11.6. The lowest BCUT2D eigenvalue weighted by Gasteiger charge is -2.46. The average Bonchev–Trinajstić information content (AvgIpc) is 2.48. The highest BCUT2D eigenvalue weighted by molar-refractivity contribution is 9.10. The molecule has 0 radical (unpaired) electrons. The number of nitrogens with two attached hydrogens (primary N) is 2. The van der Waals surface area contributed by atoms with Crippen molar-refractivity contribution in [1.82, 2.24) is 0 Å². The molecule has 2 aliphatic rings. The van der Waals surface area contributed by atoms with Gasteiger partial charge in [-0.1, -0.05) is 6.42 Å². The molecule has 25 heavy (non-hydrogen) atoms. The van der Waals surface area contributed by atoms with E-state index < -0.39 is 23.2 Å². The third-order valence-corrected chi connectivity index (χ3v) is 5.01. The number of rotatable bonds is 1. The predicted octanol–water partition coefficient (Wildman–Crippen LogP) is 3.72. The van der Waals surface area contributed by atoms with Crippen LogP contribution in [0.4, 0.5) is 23.2 Å². The van der Waals surface area contributed by atoms with E-state index >= 15 is 0 Å². The van der Waals surface area contributed by atoms with E-state index in [4.69, 9.17) is 11.5 Å². The summed E-state index contributed by atoms with van der Waals surface area (Å²) in [6, 6.07) is 1.42. The van der Waals surface area contributed by atoms with Crippen molar-refractivity contribution in [2.24, 2.45) is 21.5 Å². The molecule has 0 saturated heterocycles. The topological polar surface area (TPSA) is 80.0 Å². The third-order valence-electron chi connectivity index (χ3n) is 4.41. The van der Waals surface area contributed by atoms with Crippen LogP contribution < -0.4 is 16.4 Å². The van der Waals surface area contributed by atoms with Gasteiger partial charge in [-0.3, -0.25) is 4.90 Å². The summed E-state index contributed by atoms with van der Waals surface area (Å²) >= 11 is 3.05. The fraction of sp³-hybridized carbons (Fsp3) is 0.467. The molecular weight excluding hydrogens is 406 g/mol. The minimum atomic E-state index is -4.78. The predicted molar refractivity (Wildman–Crippen MR) is 90.6 cm³/mol. The van der Waals surface area contributed by atoms with Gasteiger partial charge in [-0.2, -0.15) is 18.2 Å². The molecule has 0 atom stereocenters. The number of hydrogen-bond acceptors (Lipinski definition) is 5. The van der Waals surface area contributed by atoms with E-state index in [-0.39, 0.29) is 22.1 Å². The molecule has 0 unspecified atom stereocenters. The van der Waals surface area contributed by atoms with Gasteiger partial charge in [-0.05, 0) is 53.7 Å². The molecule has 1 aliphatic heterocycles. The Morgan fingerprint density at radius 1 is 1.12 bits per heavy atom. The molecule has 10 heteroatoms. The molecule has 1 aromatic rings. The molecule has 1 heterocycles. The highest BCUT2D eigenvalue weighted by Gasteiger charge is 2.47. The number of alkyl halides is 3. The molecule has 5 nitrogen and oxygen atoms in total. The monoisotopic (exact) mass is 421 g/mol.